The van der Waals surface area contributed by atoms with Crippen molar-refractivity contribution in [3.05, 3.63) is 23.4 Å². The van der Waals surface area contributed by atoms with Gasteiger partial charge >= 0.3 is 0 Å². The molecule has 0 atom stereocenters. The van der Waals surface area contributed by atoms with Crippen LogP contribution < -0.4 is 4.90 Å². The van der Waals surface area contributed by atoms with Crippen molar-refractivity contribution >= 4 is 17.4 Å². The van der Waals surface area contributed by atoms with Gasteiger partial charge in [-0.15, -0.1) is 0 Å². The fourth-order valence-corrected chi connectivity index (χ4v) is 1.74. The standard InChI is InChI=1S/C10H12ClFN2/c11-8-1-2-10(13-7-8)14-5-3-9(12)4-6-14/h1-2,7,9H,3-6H2. The van der Waals surface area contributed by atoms with Crippen LogP contribution >= 0.6 is 11.6 Å². The van der Waals surface area contributed by atoms with Crippen LogP contribution in [0.4, 0.5) is 10.2 Å². The fourth-order valence-electron chi connectivity index (χ4n) is 1.63. The first-order chi connectivity index (χ1) is 6.75. The Morgan fingerprint density at radius 3 is 2.64 bits per heavy atom. The van der Waals surface area contributed by atoms with Gasteiger partial charge in [0, 0.05) is 19.3 Å². The van der Waals surface area contributed by atoms with Crippen molar-refractivity contribution < 1.29 is 4.39 Å². The van der Waals surface area contributed by atoms with Crippen LogP contribution in [0.2, 0.25) is 5.02 Å². The molecule has 2 nitrogen and oxygen atoms in total. The smallest absolute Gasteiger partial charge is 0.128 e. The Hall–Kier alpha value is -0.830. The summed E-state index contributed by atoms with van der Waals surface area (Å²) in [5.41, 5.74) is 0. The van der Waals surface area contributed by atoms with Crippen LogP contribution in [0.25, 0.3) is 0 Å². The zero-order chi connectivity index (χ0) is 9.97. The Kier molecular flexibility index (Phi) is 2.87. The largest absolute Gasteiger partial charge is 0.356 e. The molecule has 0 bridgehead atoms. The van der Waals surface area contributed by atoms with Crippen molar-refractivity contribution in [3.8, 4) is 0 Å². The number of alkyl halides is 1. The van der Waals surface area contributed by atoms with Gasteiger partial charge in [0.05, 0.1) is 5.02 Å². The predicted molar refractivity (Wildman–Crippen MR) is 55.6 cm³/mol. The average Bonchev–Trinajstić information content (AvgIpc) is 2.21. The summed E-state index contributed by atoms with van der Waals surface area (Å²) in [6.45, 7) is 1.49. The van der Waals surface area contributed by atoms with E-state index in [0.29, 0.717) is 17.9 Å². The molecule has 0 radical (unpaired) electrons. The molecule has 1 fully saturated rings. The molecule has 1 aromatic rings. The third kappa shape index (κ3) is 2.15. The predicted octanol–water partition coefficient (Wildman–Crippen LogP) is 2.67. The van der Waals surface area contributed by atoms with Crippen molar-refractivity contribution in [2.45, 2.75) is 19.0 Å². The summed E-state index contributed by atoms with van der Waals surface area (Å²) in [7, 11) is 0. The van der Waals surface area contributed by atoms with Crippen LogP contribution in [0.3, 0.4) is 0 Å². The number of halogens is 2. The van der Waals surface area contributed by atoms with Gasteiger partial charge in [0.2, 0.25) is 0 Å². The van der Waals surface area contributed by atoms with Gasteiger partial charge in [-0.05, 0) is 25.0 Å². The zero-order valence-corrected chi connectivity index (χ0v) is 8.54. The minimum atomic E-state index is -0.640. The van der Waals surface area contributed by atoms with Crippen LogP contribution in [-0.4, -0.2) is 24.2 Å². The van der Waals surface area contributed by atoms with Crippen molar-refractivity contribution in [3.63, 3.8) is 0 Å². The molecule has 0 N–H and O–H groups in total. The fraction of sp³-hybridized carbons (Fsp3) is 0.500. The summed E-state index contributed by atoms with van der Waals surface area (Å²) in [6, 6.07) is 3.69. The Bertz CT molecular complexity index is 293. The number of anilines is 1. The summed E-state index contributed by atoms with van der Waals surface area (Å²) >= 11 is 5.73. The highest BCUT2D eigenvalue weighted by Gasteiger charge is 2.18. The number of hydrogen-bond acceptors (Lipinski definition) is 2. The first kappa shape index (κ1) is 9.71. The normalized spacial score (nSPS) is 18.6. The van der Waals surface area contributed by atoms with Gasteiger partial charge in [-0.2, -0.15) is 0 Å². The van der Waals surface area contributed by atoms with Crippen LogP contribution in [0, 0.1) is 0 Å². The summed E-state index contributed by atoms with van der Waals surface area (Å²) in [6.07, 6.45) is 2.19. The monoisotopic (exact) mass is 214 g/mol. The van der Waals surface area contributed by atoms with Gasteiger partial charge in [0.1, 0.15) is 12.0 Å². The lowest BCUT2D eigenvalue weighted by atomic mass is 10.1. The van der Waals surface area contributed by atoms with Crippen molar-refractivity contribution in [1.82, 2.24) is 4.98 Å². The molecule has 0 unspecified atom stereocenters. The Morgan fingerprint density at radius 1 is 1.36 bits per heavy atom. The van der Waals surface area contributed by atoms with Crippen molar-refractivity contribution in [1.29, 1.82) is 0 Å². The molecule has 1 aliphatic rings. The Morgan fingerprint density at radius 2 is 2.07 bits per heavy atom. The van der Waals surface area contributed by atoms with E-state index in [0.717, 1.165) is 18.9 Å². The third-order valence-electron chi connectivity index (χ3n) is 2.46. The number of pyridine rings is 1. The van der Waals surface area contributed by atoms with Gasteiger partial charge < -0.3 is 4.90 Å². The van der Waals surface area contributed by atoms with Gasteiger partial charge in [-0.3, -0.25) is 0 Å². The van der Waals surface area contributed by atoms with Crippen LogP contribution in [0.5, 0.6) is 0 Å². The second kappa shape index (κ2) is 4.13. The lowest BCUT2D eigenvalue weighted by molar-refractivity contribution is 0.276. The van der Waals surface area contributed by atoms with E-state index in [1.165, 1.54) is 0 Å². The maximum atomic E-state index is 12.9. The molecule has 0 aliphatic carbocycles. The van der Waals surface area contributed by atoms with Gasteiger partial charge in [-0.25, -0.2) is 9.37 Å². The molecule has 1 aromatic heterocycles. The highest BCUT2D eigenvalue weighted by atomic mass is 35.5. The van der Waals surface area contributed by atoms with Gasteiger partial charge in [0.15, 0.2) is 0 Å². The first-order valence-electron chi connectivity index (χ1n) is 4.76. The maximum Gasteiger partial charge on any atom is 0.128 e. The van der Waals surface area contributed by atoms with Gasteiger partial charge in [0.25, 0.3) is 0 Å². The zero-order valence-electron chi connectivity index (χ0n) is 7.79. The van der Waals surface area contributed by atoms with Crippen molar-refractivity contribution in [2.24, 2.45) is 0 Å². The Labute approximate surface area is 87.7 Å². The van der Waals surface area contributed by atoms with Crippen LogP contribution in [0.15, 0.2) is 18.3 Å². The maximum absolute atomic E-state index is 12.9. The van der Waals surface area contributed by atoms with E-state index >= 15 is 0 Å². The molecule has 4 heteroatoms. The molecule has 1 aliphatic heterocycles. The second-order valence-electron chi connectivity index (χ2n) is 3.50. The van der Waals surface area contributed by atoms with E-state index in [2.05, 4.69) is 9.88 Å². The summed E-state index contributed by atoms with van der Waals surface area (Å²) in [4.78, 5) is 6.29. The molecular weight excluding hydrogens is 203 g/mol. The number of rotatable bonds is 1. The van der Waals surface area contributed by atoms with E-state index in [-0.39, 0.29) is 0 Å². The van der Waals surface area contributed by atoms with E-state index in [9.17, 15) is 4.39 Å². The first-order valence-corrected chi connectivity index (χ1v) is 5.14. The highest BCUT2D eigenvalue weighted by molar-refractivity contribution is 6.30. The third-order valence-corrected chi connectivity index (χ3v) is 2.68. The molecule has 14 heavy (non-hydrogen) atoms. The average molecular weight is 215 g/mol. The molecule has 0 amide bonds. The SMILES string of the molecule is FC1CCN(c2ccc(Cl)cn2)CC1. The molecule has 76 valence electrons. The summed E-state index contributed by atoms with van der Waals surface area (Å²) < 4.78 is 12.9. The van der Waals surface area contributed by atoms with Crippen LogP contribution in [0.1, 0.15) is 12.8 Å². The van der Waals surface area contributed by atoms with E-state index in [1.807, 2.05) is 12.1 Å². The minimum Gasteiger partial charge on any atom is -0.356 e. The molecule has 1 saturated heterocycles. The summed E-state index contributed by atoms with van der Waals surface area (Å²) in [5, 5.41) is 0.633. The number of piperidine rings is 1. The van der Waals surface area contributed by atoms with E-state index in [4.69, 9.17) is 11.6 Å². The molecule has 0 saturated carbocycles. The number of nitrogens with zero attached hydrogens (tertiary/aromatic N) is 2. The lowest BCUT2D eigenvalue weighted by Crippen LogP contribution is -2.34. The summed E-state index contributed by atoms with van der Waals surface area (Å²) in [5.74, 6) is 0.890. The highest BCUT2D eigenvalue weighted by Crippen LogP contribution is 2.20. The Balaban J connectivity index is 2.05. The van der Waals surface area contributed by atoms with E-state index < -0.39 is 6.17 Å². The van der Waals surface area contributed by atoms with Gasteiger partial charge in [-0.1, -0.05) is 11.6 Å². The quantitative estimate of drug-likeness (QED) is 0.715. The van der Waals surface area contributed by atoms with Crippen molar-refractivity contribution in [2.75, 3.05) is 18.0 Å². The molecular formula is C10H12ClFN2. The molecule has 2 heterocycles. The second-order valence-corrected chi connectivity index (χ2v) is 3.93. The minimum absolute atomic E-state index is 0.601. The molecule has 2 rings (SSSR count). The number of aromatic nitrogens is 1. The number of hydrogen-bond donors (Lipinski definition) is 0. The van der Waals surface area contributed by atoms with Crippen LogP contribution in [-0.2, 0) is 0 Å². The van der Waals surface area contributed by atoms with E-state index in [1.54, 1.807) is 6.20 Å². The molecule has 0 spiro atoms. The topological polar surface area (TPSA) is 16.1 Å². The lowest BCUT2D eigenvalue weighted by Gasteiger charge is -2.29. The molecule has 0 aromatic carbocycles.